The van der Waals surface area contributed by atoms with Gasteiger partial charge in [0.1, 0.15) is 5.82 Å². The number of piperidine rings is 1. The monoisotopic (exact) mass is 329 g/mol. The first-order valence-corrected chi connectivity index (χ1v) is 8.19. The number of hydrogen-bond donors (Lipinski definition) is 1. The van der Waals surface area contributed by atoms with Crippen LogP contribution < -0.4 is 5.69 Å². The van der Waals surface area contributed by atoms with Crippen LogP contribution in [0.3, 0.4) is 0 Å². The number of halogens is 1. The van der Waals surface area contributed by atoms with Crippen LogP contribution in [0.2, 0.25) is 0 Å². The molecule has 0 radical (unpaired) electrons. The molecule has 1 aliphatic heterocycles. The summed E-state index contributed by atoms with van der Waals surface area (Å²) in [6, 6.07) is 8.15. The molecule has 2 heterocycles. The molecule has 1 atom stereocenters. The van der Waals surface area contributed by atoms with E-state index in [1.807, 2.05) is 11.0 Å². The summed E-state index contributed by atoms with van der Waals surface area (Å²) in [6.45, 7) is 1.33. The third-order valence-corrected chi connectivity index (χ3v) is 4.43. The summed E-state index contributed by atoms with van der Waals surface area (Å²) in [5, 5.41) is 0. The number of aryl methyl sites for hydroxylation is 1. The number of aromatic amines is 1. The van der Waals surface area contributed by atoms with Gasteiger partial charge in [-0.05, 0) is 43.0 Å². The van der Waals surface area contributed by atoms with Gasteiger partial charge in [0.15, 0.2) is 0 Å². The zero-order valence-electron chi connectivity index (χ0n) is 13.4. The van der Waals surface area contributed by atoms with Crippen molar-refractivity contribution >= 4 is 5.91 Å². The molecule has 2 aromatic rings. The highest BCUT2D eigenvalue weighted by atomic mass is 19.1. The SMILES string of the molecule is O=C(CCc1cccc(F)c1)N1CCCC(c2ccnc(=O)[nH]2)C1. The van der Waals surface area contributed by atoms with Gasteiger partial charge in [-0.2, -0.15) is 0 Å². The van der Waals surface area contributed by atoms with Crippen molar-refractivity contribution in [1.82, 2.24) is 14.9 Å². The molecule has 24 heavy (non-hydrogen) atoms. The summed E-state index contributed by atoms with van der Waals surface area (Å²) in [7, 11) is 0. The number of amides is 1. The summed E-state index contributed by atoms with van der Waals surface area (Å²) >= 11 is 0. The Labute approximate surface area is 139 Å². The van der Waals surface area contributed by atoms with Crippen molar-refractivity contribution in [3.8, 4) is 0 Å². The molecule has 1 aromatic carbocycles. The van der Waals surface area contributed by atoms with Crippen LogP contribution in [0.5, 0.6) is 0 Å². The van der Waals surface area contributed by atoms with Gasteiger partial charge in [-0.1, -0.05) is 12.1 Å². The predicted octanol–water partition coefficient (Wildman–Crippen LogP) is 2.25. The van der Waals surface area contributed by atoms with Crippen molar-refractivity contribution < 1.29 is 9.18 Å². The van der Waals surface area contributed by atoms with E-state index in [1.54, 1.807) is 12.1 Å². The quantitative estimate of drug-likeness (QED) is 0.935. The van der Waals surface area contributed by atoms with Crippen LogP contribution in [0.15, 0.2) is 41.3 Å². The summed E-state index contributed by atoms with van der Waals surface area (Å²) < 4.78 is 13.2. The van der Waals surface area contributed by atoms with Gasteiger partial charge in [-0.3, -0.25) is 4.79 Å². The van der Waals surface area contributed by atoms with Gasteiger partial charge >= 0.3 is 5.69 Å². The second-order valence-electron chi connectivity index (χ2n) is 6.14. The third-order valence-electron chi connectivity index (χ3n) is 4.43. The van der Waals surface area contributed by atoms with Gasteiger partial charge in [0.25, 0.3) is 0 Å². The molecule has 1 N–H and O–H groups in total. The minimum atomic E-state index is -0.359. The topological polar surface area (TPSA) is 66.1 Å². The normalized spacial score (nSPS) is 17.7. The van der Waals surface area contributed by atoms with E-state index in [0.29, 0.717) is 19.4 Å². The summed E-state index contributed by atoms with van der Waals surface area (Å²) in [4.78, 5) is 32.0. The number of nitrogens with one attached hydrogen (secondary N) is 1. The Morgan fingerprint density at radius 1 is 1.38 bits per heavy atom. The highest BCUT2D eigenvalue weighted by Crippen LogP contribution is 2.25. The van der Waals surface area contributed by atoms with Crippen LogP contribution in [-0.2, 0) is 11.2 Å². The number of likely N-dealkylation sites (tertiary alicyclic amines) is 1. The second kappa shape index (κ2) is 7.38. The average Bonchev–Trinajstić information content (AvgIpc) is 2.60. The molecule has 0 bridgehead atoms. The van der Waals surface area contributed by atoms with E-state index in [-0.39, 0.29) is 23.3 Å². The van der Waals surface area contributed by atoms with Crippen LogP contribution in [0.1, 0.15) is 36.4 Å². The molecule has 1 saturated heterocycles. The number of hydrogen-bond acceptors (Lipinski definition) is 3. The predicted molar refractivity (Wildman–Crippen MR) is 88.1 cm³/mol. The molecule has 1 unspecified atom stereocenters. The van der Waals surface area contributed by atoms with Crippen molar-refractivity contribution in [2.45, 2.75) is 31.6 Å². The van der Waals surface area contributed by atoms with Crippen molar-refractivity contribution in [3.63, 3.8) is 0 Å². The standard InChI is InChI=1S/C18H20FN3O2/c19-15-5-1-3-13(11-15)6-7-17(23)22-10-2-4-14(12-22)16-8-9-20-18(24)21-16/h1,3,5,8-9,11,14H,2,4,6-7,10,12H2,(H,20,21,24). The van der Waals surface area contributed by atoms with Crippen molar-refractivity contribution in [2.75, 3.05) is 13.1 Å². The molecule has 126 valence electrons. The van der Waals surface area contributed by atoms with E-state index < -0.39 is 0 Å². The minimum Gasteiger partial charge on any atom is -0.342 e. The Hall–Kier alpha value is -2.50. The zero-order valence-corrected chi connectivity index (χ0v) is 13.4. The van der Waals surface area contributed by atoms with E-state index in [4.69, 9.17) is 0 Å². The molecule has 5 nitrogen and oxygen atoms in total. The lowest BCUT2D eigenvalue weighted by molar-refractivity contribution is -0.132. The molecule has 1 aliphatic rings. The molecule has 0 aliphatic carbocycles. The molecule has 0 spiro atoms. The maximum absolute atomic E-state index is 13.2. The van der Waals surface area contributed by atoms with E-state index >= 15 is 0 Å². The zero-order chi connectivity index (χ0) is 16.9. The van der Waals surface area contributed by atoms with Crippen molar-refractivity contribution in [3.05, 3.63) is 64.1 Å². The molecule has 1 amide bonds. The maximum Gasteiger partial charge on any atom is 0.345 e. The van der Waals surface area contributed by atoms with Crippen LogP contribution in [0.4, 0.5) is 4.39 Å². The fourth-order valence-electron chi connectivity index (χ4n) is 3.18. The van der Waals surface area contributed by atoms with E-state index in [1.165, 1.54) is 18.3 Å². The lowest BCUT2D eigenvalue weighted by Gasteiger charge is -2.32. The molecule has 6 heteroatoms. The lowest BCUT2D eigenvalue weighted by atomic mass is 9.94. The van der Waals surface area contributed by atoms with E-state index in [2.05, 4.69) is 9.97 Å². The van der Waals surface area contributed by atoms with Gasteiger partial charge in [0.05, 0.1) is 0 Å². The van der Waals surface area contributed by atoms with Crippen LogP contribution in [0, 0.1) is 5.82 Å². The summed E-state index contributed by atoms with van der Waals surface area (Å²) in [5.41, 5.74) is 1.30. The largest absolute Gasteiger partial charge is 0.345 e. The second-order valence-corrected chi connectivity index (χ2v) is 6.14. The molecule has 1 fully saturated rings. The number of benzene rings is 1. The van der Waals surface area contributed by atoms with Crippen LogP contribution in [-0.4, -0.2) is 33.9 Å². The number of nitrogens with zero attached hydrogens (tertiary/aromatic N) is 2. The molecular weight excluding hydrogens is 309 g/mol. The first kappa shape index (κ1) is 16.4. The van der Waals surface area contributed by atoms with E-state index in [0.717, 1.165) is 30.6 Å². The van der Waals surface area contributed by atoms with Gasteiger partial charge in [-0.15, -0.1) is 0 Å². The number of carbonyl (C=O) groups excluding carboxylic acids is 1. The third kappa shape index (κ3) is 4.07. The lowest BCUT2D eigenvalue weighted by Crippen LogP contribution is -2.39. The van der Waals surface area contributed by atoms with Gasteiger partial charge in [0, 0.05) is 37.3 Å². The van der Waals surface area contributed by atoms with Gasteiger partial charge in [0.2, 0.25) is 5.91 Å². The molecule has 0 saturated carbocycles. The fraction of sp³-hybridized carbons (Fsp3) is 0.389. The first-order valence-electron chi connectivity index (χ1n) is 8.19. The Morgan fingerprint density at radius 3 is 3.04 bits per heavy atom. The van der Waals surface area contributed by atoms with Crippen LogP contribution >= 0.6 is 0 Å². The minimum absolute atomic E-state index is 0.0698. The van der Waals surface area contributed by atoms with Crippen molar-refractivity contribution in [1.29, 1.82) is 0 Å². The smallest absolute Gasteiger partial charge is 0.342 e. The van der Waals surface area contributed by atoms with Gasteiger partial charge < -0.3 is 9.88 Å². The summed E-state index contributed by atoms with van der Waals surface area (Å²) in [5.74, 6) is -0.0763. The highest BCUT2D eigenvalue weighted by molar-refractivity contribution is 5.76. The number of aromatic nitrogens is 2. The average molecular weight is 329 g/mol. The highest BCUT2D eigenvalue weighted by Gasteiger charge is 2.25. The van der Waals surface area contributed by atoms with Crippen LogP contribution in [0.25, 0.3) is 0 Å². The number of H-pyrrole nitrogens is 1. The Morgan fingerprint density at radius 2 is 2.25 bits per heavy atom. The van der Waals surface area contributed by atoms with E-state index in [9.17, 15) is 14.0 Å². The Kier molecular flexibility index (Phi) is 5.03. The molecular formula is C18H20FN3O2. The molecule has 3 rings (SSSR count). The maximum atomic E-state index is 13.2. The Bertz CT molecular complexity index is 775. The number of rotatable bonds is 4. The van der Waals surface area contributed by atoms with Crippen molar-refractivity contribution in [2.24, 2.45) is 0 Å². The fourth-order valence-corrected chi connectivity index (χ4v) is 3.18. The van der Waals surface area contributed by atoms with Gasteiger partial charge in [-0.25, -0.2) is 14.2 Å². The Balaban J connectivity index is 1.60. The first-order chi connectivity index (χ1) is 11.6. The summed E-state index contributed by atoms with van der Waals surface area (Å²) in [6.07, 6.45) is 4.24. The molecule has 1 aromatic heterocycles. The number of carbonyl (C=O) groups is 1.